The molecule has 9 nitrogen and oxygen atoms in total. The van der Waals surface area contributed by atoms with Crippen LogP contribution in [0.15, 0.2) is 24.3 Å². The first-order valence-corrected chi connectivity index (χ1v) is 14.3. The Bertz CT molecular complexity index is 1230. The molecule has 0 bridgehead atoms. The Kier molecular flexibility index (Phi) is 8.02. The van der Waals surface area contributed by atoms with Gasteiger partial charge in [0.1, 0.15) is 17.4 Å². The maximum Gasteiger partial charge on any atom is 0.253 e. The number of carbonyl (C=O) groups is 1. The molecule has 1 aromatic carbocycles. The predicted octanol–water partition coefficient (Wildman–Crippen LogP) is 3.35. The van der Waals surface area contributed by atoms with Gasteiger partial charge in [0.2, 0.25) is 0 Å². The molecule has 1 atom stereocenters. The molecule has 1 aliphatic carbocycles. The molecule has 4 heterocycles. The lowest BCUT2D eigenvalue weighted by Crippen LogP contribution is -2.50. The van der Waals surface area contributed by atoms with Crippen LogP contribution in [0.25, 0.3) is 5.03 Å². The molecule has 1 N–H and O–H groups in total. The van der Waals surface area contributed by atoms with Crippen molar-refractivity contribution in [2.75, 3.05) is 65.0 Å². The van der Waals surface area contributed by atoms with Crippen LogP contribution in [0, 0.1) is 0 Å². The number of methoxy groups -OCH3 is 1. The number of nitrogens with zero attached hydrogens (tertiary/aromatic N) is 4. The number of anilines is 1. The summed E-state index contributed by atoms with van der Waals surface area (Å²) in [6, 6.07) is 6.46. The molecule has 0 spiro atoms. The summed E-state index contributed by atoms with van der Waals surface area (Å²) in [7, 11) is 1.64. The third-order valence-electron chi connectivity index (χ3n) is 8.21. The fraction of sp³-hybridized carbons (Fsp3) is 0.552. The van der Waals surface area contributed by atoms with Crippen LogP contribution in [-0.4, -0.2) is 97.5 Å². The number of allylic oxidation sites excluding steroid dienone is 1. The summed E-state index contributed by atoms with van der Waals surface area (Å²) < 4.78 is 16.8. The molecule has 10 heteroatoms. The van der Waals surface area contributed by atoms with Crippen LogP contribution in [0.1, 0.15) is 52.3 Å². The number of likely N-dealkylation sites (tertiary alicyclic amines) is 1. The van der Waals surface area contributed by atoms with E-state index in [0.29, 0.717) is 47.7 Å². The molecule has 6 rings (SSSR count). The third-order valence-corrected chi connectivity index (χ3v) is 8.55. The first-order valence-electron chi connectivity index (χ1n) is 14.0. The molecule has 1 unspecified atom stereocenters. The number of nitrogens with one attached hydrogen (secondary N) is 1. The van der Waals surface area contributed by atoms with E-state index in [4.69, 9.17) is 35.8 Å². The molecule has 3 aliphatic heterocycles. The van der Waals surface area contributed by atoms with Crippen LogP contribution in [0.3, 0.4) is 0 Å². The summed E-state index contributed by atoms with van der Waals surface area (Å²) in [6.45, 7) is 6.53. The Balaban J connectivity index is 1.15. The fourth-order valence-electron chi connectivity index (χ4n) is 6.02. The Morgan fingerprint density at radius 2 is 1.92 bits per heavy atom. The highest BCUT2D eigenvalue weighted by atomic mass is 35.5. The number of ether oxygens (including phenoxy) is 3. The molecule has 208 valence electrons. The first-order chi connectivity index (χ1) is 19.1. The Morgan fingerprint density at radius 1 is 1.10 bits per heavy atom. The molecule has 4 aliphatic rings. The topological polar surface area (TPSA) is 89.1 Å². The minimum absolute atomic E-state index is 0.0556. The van der Waals surface area contributed by atoms with Crippen molar-refractivity contribution in [3.05, 3.63) is 52.5 Å². The van der Waals surface area contributed by atoms with E-state index in [9.17, 15) is 4.79 Å². The lowest BCUT2D eigenvalue weighted by atomic mass is 10.0. The number of rotatable bonds is 7. The number of hydrogen-bond donors (Lipinski definition) is 1. The summed E-state index contributed by atoms with van der Waals surface area (Å²) in [5, 5.41) is 4.21. The minimum atomic E-state index is 0.0556. The van der Waals surface area contributed by atoms with Crippen molar-refractivity contribution in [2.45, 2.75) is 44.2 Å². The second-order valence-corrected chi connectivity index (χ2v) is 11.1. The zero-order chi connectivity index (χ0) is 26.8. The smallest absolute Gasteiger partial charge is 0.253 e. The fourth-order valence-corrected chi connectivity index (χ4v) is 6.30. The number of piperidine rings is 1. The van der Waals surface area contributed by atoms with Crippen LogP contribution < -0.4 is 10.1 Å². The van der Waals surface area contributed by atoms with Crippen molar-refractivity contribution < 1.29 is 19.0 Å². The summed E-state index contributed by atoms with van der Waals surface area (Å²) in [4.78, 5) is 27.5. The van der Waals surface area contributed by atoms with E-state index in [0.717, 1.165) is 87.9 Å². The number of morpholine rings is 1. The van der Waals surface area contributed by atoms with Gasteiger partial charge in [-0.1, -0.05) is 23.7 Å². The Morgan fingerprint density at radius 3 is 2.67 bits per heavy atom. The van der Waals surface area contributed by atoms with Gasteiger partial charge in [0.25, 0.3) is 5.91 Å². The molecule has 1 amide bonds. The zero-order valence-corrected chi connectivity index (χ0v) is 23.2. The van der Waals surface area contributed by atoms with Gasteiger partial charge in [-0.15, -0.1) is 0 Å². The number of benzene rings is 1. The number of aromatic nitrogens is 2. The van der Waals surface area contributed by atoms with E-state index in [2.05, 4.69) is 10.2 Å². The molecular weight excluding hydrogens is 518 g/mol. The maximum absolute atomic E-state index is 13.4. The van der Waals surface area contributed by atoms with Gasteiger partial charge in [0.05, 0.1) is 44.2 Å². The minimum Gasteiger partial charge on any atom is -0.496 e. The van der Waals surface area contributed by atoms with Gasteiger partial charge >= 0.3 is 0 Å². The van der Waals surface area contributed by atoms with Crippen molar-refractivity contribution in [1.82, 2.24) is 19.8 Å². The number of carbonyl (C=O) groups excluding carboxylic acids is 1. The lowest BCUT2D eigenvalue weighted by Gasteiger charge is -2.40. The van der Waals surface area contributed by atoms with E-state index in [1.165, 1.54) is 0 Å². The van der Waals surface area contributed by atoms with Crippen LogP contribution in [-0.2, 0) is 22.3 Å². The lowest BCUT2D eigenvalue weighted by molar-refractivity contribution is 0.00158. The van der Waals surface area contributed by atoms with Gasteiger partial charge in [-0.05, 0) is 31.4 Å². The molecule has 2 aromatic rings. The van der Waals surface area contributed by atoms with Crippen LogP contribution in [0.4, 0.5) is 5.82 Å². The number of halogens is 1. The molecule has 0 radical (unpaired) electrons. The van der Waals surface area contributed by atoms with Crippen LogP contribution >= 0.6 is 11.6 Å². The molecule has 39 heavy (non-hydrogen) atoms. The van der Waals surface area contributed by atoms with E-state index in [-0.39, 0.29) is 11.9 Å². The summed E-state index contributed by atoms with van der Waals surface area (Å²) in [6.07, 6.45) is 6.09. The van der Waals surface area contributed by atoms with Gasteiger partial charge in [0.15, 0.2) is 0 Å². The second kappa shape index (κ2) is 11.8. The zero-order valence-electron chi connectivity index (χ0n) is 22.5. The van der Waals surface area contributed by atoms with Crippen LogP contribution in [0.2, 0.25) is 0 Å². The average Bonchev–Trinajstić information content (AvgIpc) is 3.63. The van der Waals surface area contributed by atoms with Crippen molar-refractivity contribution in [3.63, 3.8) is 0 Å². The monoisotopic (exact) mass is 553 g/mol. The average molecular weight is 554 g/mol. The normalized spacial score (nSPS) is 22.1. The summed E-state index contributed by atoms with van der Waals surface area (Å²) in [5.41, 5.74) is 3.40. The van der Waals surface area contributed by atoms with E-state index < -0.39 is 0 Å². The highest BCUT2D eigenvalue weighted by Crippen LogP contribution is 2.35. The highest BCUT2D eigenvalue weighted by molar-refractivity contribution is 6.49. The van der Waals surface area contributed by atoms with E-state index in [1.54, 1.807) is 7.11 Å². The van der Waals surface area contributed by atoms with Crippen LogP contribution in [0.5, 0.6) is 5.75 Å². The van der Waals surface area contributed by atoms with E-state index >= 15 is 0 Å². The van der Waals surface area contributed by atoms with Crippen molar-refractivity contribution in [1.29, 1.82) is 0 Å². The van der Waals surface area contributed by atoms with E-state index in [1.807, 2.05) is 29.2 Å². The predicted molar refractivity (Wildman–Crippen MR) is 150 cm³/mol. The molecule has 3 fully saturated rings. The van der Waals surface area contributed by atoms with Gasteiger partial charge in [-0.3, -0.25) is 9.69 Å². The van der Waals surface area contributed by atoms with Gasteiger partial charge in [-0.2, -0.15) is 0 Å². The maximum atomic E-state index is 13.4. The summed E-state index contributed by atoms with van der Waals surface area (Å²) >= 11 is 6.50. The molecule has 0 saturated carbocycles. The molecule has 1 aromatic heterocycles. The number of amides is 1. The van der Waals surface area contributed by atoms with Gasteiger partial charge < -0.3 is 24.4 Å². The van der Waals surface area contributed by atoms with Gasteiger partial charge in [0, 0.05) is 67.8 Å². The highest BCUT2D eigenvalue weighted by Gasteiger charge is 2.29. The van der Waals surface area contributed by atoms with Gasteiger partial charge in [-0.25, -0.2) is 9.97 Å². The van der Waals surface area contributed by atoms with Crippen molar-refractivity contribution in [2.24, 2.45) is 0 Å². The SMILES string of the molecule is COc1cc(C(=O)N2CCC(N3CCOCC3)CC2)ccc1Cc1nc2c(c(NC3CCOC3)n1)C(Cl)=CC2. The number of hydrogen-bond acceptors (Lipinski definition) is 8. The Hall–Kier alpha value is -2.72. The van der Waals surface area contributed by atoms with Crippen molar-refractivity contribution in [3.8, 4) is 5.75 Å². The number of fused-ring (bicyclic) bond motifs is 1. The Labute approximate surface area is 234 Å². The largest absolute Gasteiger partial charge is 0.496 e. The summed E-state index contributed by atoms with van der Waals surface area (Å²) in [5.74, 6) is 2.18. The third kappa shape index (κ3) is 5.77. The second-order valence-electron chi connectivity index (χ2n) is 10.6. The quantitative estimate of drug-likeness (QED) is 0.558. The van der Waals surface area contributed by atoms with Crippen molar-refractivity contribution >= 4 is 28.4 Å². The molecule has 3 saturated heterocycles. The standard InChI is InChI=1S/C29H36ClN5O4/c1-37-25-16-20(29(36)35-9-6-22(7-10-35)34-11-14-38-15-12-34)3-2-19(25)17-26-32-24-5-4-23(30)27(24)28(33-26)31-21-8-13-39-18-21/h2-4,16,21-22H,5-15,17-18H2,1H3,(H,31,32,33). The first kappa shape index (κ1) is 26.5. The molecular formula is C29H36ClN5O4.